The molecule has 1 aromatic rings. The smallest absolute Gasteiger partial charge is 0.133 e. The summed E-state index contributed by atoms with van der Waals surface area (Å²) >= 11 is 7.54. The minimum atomic E-state index is -0.0226. The van der Waals surface area contributed by atoms with E-state index >= 15 is 0 Å². The Hall–Kier alpha value is -0.190. The van der Waals surface area contributed by atoms with Crippen molar-refractivity contribution < 1.29 is 4.74 Å². The molecule has 1 rings (SSSR count). The molecule has 0 heterocycles. The maximum Gasteiger partial charge on any atom is 0.133 e. The van der Waals surface area contributed by atoms with Crippen molar-refractivity contribution >= 4 is 28.6 Å². The Bertz CT molecular complexity index is 293. The summed E-state index contributed by atoms with van der Waals surface area (Å²) < 4.78 is 6.03. The predicted octanol–water partition coefficient (Wildman–Crippen LogP) is 2.39. The lowest BCUT2D eigenvalue weighted by Crippen LogP contribution is -2.11. The molecule has 0 radical (unpaired) electrons. The molecule has 1 atom stereocenters. The van der Waals surface area contributed by atoms with Crippen LogP contribution in [0.25, 0.3) is 0 Å². The van der Waals surface area contributed by atoms with Crippen LogP contribution >= 0.6 is 28.6 Å². The lowest BCUT2D eigenvalue weighted by atomic mass is 10.1. The van der Waals surface area contributed by atoms with Gasteiger partial charge in [-0.25, -0.2) is 0 Å². The molecular weight excluding hydrogens is 250 g/mol. The molecule has 0 aliphatic rings. The minimum absolute atomic E-state index is 0.0226. The fourth-order valence-electron chi connectivity index (χ4n) is 1.02. The summed E-state index contributed by atoms with van der Waals surface area (Å²) in [5.41, 5.74) is 6.87. The van der Waals surface area contributed by atoms with Gasteiger partial charge in [0.2, 0.25) is 0 Å². The molecule has 1 unspecified atom stereocenters. The van der Waals surface area contributed by atoms with Crippen molar-refractivity contribution in [3.8, 4) is 5.75 Å². The van der Waals surface area contributed by atoms with Crippen LogP contribution in [0.5, 0.6) is 5.75 Å². The number of halogens is 1. The Kier molecular flexibility index (Phi) is 4.09. The van der Waals surface area contributed by atoms with Crippen molar-refractivity contribution in [2.45, 2.75) is 6.04 Å². The summed E-state index contributed by atoms with van der Waals surface area (Å²) in [6.45, 7) is 0. The Labute approximate surface area is 92.0 Å². The van der Waals surface area contributed by atoms with Gasteiger partial charge in [-0.3, -0.25) is 0 Å². The van der Waals surface area contributed by atoms with E-state index in [0.29, 0.717) is 5.75 Å². The zero-order chi connectivity index (χ0) is 9.84. The number of hydrogen-bond acceptors (Lipinski definition) is 3. The van der Waals surface area contributed by atoms with Crippen LogP contribution < -0.4 is 10.5 Å². The zero-order valence-corrected chi connectivity index (χ0v) is 9.81. The van der Waals surface area contributed by atoms with Crippen LogP contribution in [0.15, 0.2) is 22.7 Å². The summed E-state index contributed by atoms with van der Waals surface area (Å²) in [6, 6.07) is 5.78. The topological polar surface area (TPSA) is 35.2 Å². The zero-order valence-electron chi connectivity index (χ0n) is 7.33. The highest BCUT2D eigenvalue weighted by atomic mass is 79.9. The summed E-state index contributed by atoms with van der Waals surface area (Å²) in [5.74, 6) is 1.45. The molecular formula is C9H12BrNOS. The first-order valence-corrected chi connectivity index (χ1v) is 5.31. The SMILES string of the molecule is COc1ccc(C(N)CS)cc1Br. The van der Waals surface area contributed by atoms with Gasteiger partial charge in [0.25, 0.3) is 0 Å². The monoisotopic (exact) mass is 261 g/mol. The summed E-state index contributed by atoms with van der Waals surface area (Å²) in [5, 5.41) is 0. The van der Waals surface area contributed by atoms with E-state index < -0.39 is 0 Å². The molecule has 0 fully saturated rings. The van der Waals surface area contributed by atoms with Crippen LogP contribution in [0, 0.1) is 0 Å². The molecule has 4 heteroatoms. The van der Waals surface area contributed by atoms with Crippen molar-refractivity contribution in [2.75, 3.05) is 12.9 Å². The van der Waals surface area contributed by atoms with Gasteiger partial charge in [-0.15, -0.1) is 0 Å². The van der Waals surface area contributed by atoms with E-state index in [1.807, 2.05) is 18.2 Å². The minimum Gasteiger partial charge on any atom is -0.496 e. The lowest BCUT2D eigenvalue weighted by Gasteiger charge is -2.10. The van der Waals surface area contributed by atoms with Gasteiger partial charge in [0, 0.05) is 11.8 Å². The Morgan fingerprint density at radius 2 is 2.31 bits per heavy atom. The molecule has 0 saturated heterocycles. The molecule has 13 heavy (non-hydrogen) atoms. The first kappa shape index (κ1) is 10.9. The number of methoxy groups -OCH3 is 1. The molecule has 0 aliphatic heterocycles. The standard InChI is InChI=1S/C9H12BrNOS/c1-12-9-3-2-6(4-7(9)10)8(11)5-13/h2-4,8,13H,5,11H2,1H3. The largest absolute Gasteiger partial charge is 0.496 e. The molecule has 1 aromatic carbocycles. The highest BCUT2D eigenvalue weighted by Crippen LogP contribution is 2.27. The Balaban J connectivity index is 2.95. The second-order valence-corrected chi connectivity index (χ2v) is 3.90. The maximum atomic E-state index is 5.82. The molecule has 0 saturated carbocycles. The van der Waals surface area contributed by atoms with E-state index in [-0.39, 0.29) is 6.04 Å². The fourth-order valence-corrected chi connectivity index (χ4v) is 1.79. The quantitative estimate of drug-likeness (QED) is 0.820. The van der Waals surface area contributed by atoms with Gasteiger partial charge in [-0.2, -0.15) is 12.6 Å². The van der Waals surface area contributed by atoms with Crippen molar-refractivity contribution in [1.82, 2.24) is 0 Å². The molecule has 2 nitrogen and oxygen atoms in total. The summed E-state index contributed by atoms with van der Waals surface area (Å²) in [7, 11) is 1.64. The van der Waals surface area contributed by atoms with Crippen LogP contribution in [-0.4, -0.2) is 12.9 Å². The number of benzene rings is 1. The van der Waals surface area contributed by atoms with E-state index in [0.717, 1.165) is 15.8 Å². The lowest BCUT2D eigenvalue weighted by molar-refractivity contribution is 0.412. The van der Waals surface area contributed by atoms with Gasteiger partial charge in [-0.05, 0) is 33.6 Å². The van der Waals surface area contributed by atoms with E-state index in [1.165, 1.54) is 0 Å². The third kappa shape index (κ3) is 2.62. The first-order valence-electron chi connectivity index (χ1n) is 3.89. The third-order valence-electron chi connectivity index (χ3n) is 1.80. The normalized spacial score (nSPS) is 12.6. The second-order valence-electron chi connectivity index (χ2n) is 2.68. The Morgan fingerprint density at radius 3 is 2.77 bits per heavy atom. The molecule has 2 N–H and O–H groups in total. The van der Waals surface area contributed by atoms with Crippen LogP contribution in [0.1, 0.15) is 11.6 Å². The summed E-state index contributed by atoms with van der Waals surface area (Å²) in [6.07, 6.45) is 0. The highest BCUT2D eigenvalue weighted by Gasteiger charge is 2.06. The van der Waals surface area contributed by atoms with Crippen LogP contribution in [0.4, 0.5) is 0 Å². The van der Waals surface area contributed by atoms with Gasteiger partial charge in [0.15, 0.2) is 0 Å². The molecule has 0 amide bonds. The predicted molar refractivity (Wildman–Crippen MR) is 61.5 cm³/mol. The number of thiol groups is 1. The van der Waals surface area contributed by atoms with E-state index in [4.69, 9.17) is 10.5 Å². The molecule has 0 aromatic heterocycles. The molecule has 72 valence electrons. The molecule has 0 aliphatic carbocycles. The van der Waals surface area contributed by atoms with Gasteiger partial charge >= 0.3 is 0 Å². The van der Waals surface area contributed by atoms with Crippen molar-refractivity contribution in [2.24, 2.45) is 5.73 Å². The number of hydrogen-bond donors (Lipinski definition) is 2. The third-order valence-corrected chi connectivity index (χ3v) is 2.81. The number of ether oxygens (including phenoxy) is 1. The van der Waals surface area contributed by atoms with Gasteiger partial charge in [0.05, 0.1) is 11.6 Å². The van der Waals surface area contributed by atoms with Crippen LogP contribution in [-0.2, 0) is 0 Å². The van der Waals surface area contributed by atoms with Crippen LogP contribution in [0.2, 0.25) is 0 Å². The summed E-state index contributed by atoms with van der Waals surface area (Å²) in [4.78, 5) is 0. The van der Waals surface area contributed by atoms with E-state index in [9.17, 15) is 0 Å². The van der Waals surface area contributed by atoms with Crippen molar-refractivity contribution in [3.63, 3.8) is 0 Å². The van der Waals surface area contributed by atoms with E-state index in [1.54, 1.807) is 7.11 Å². The van der Waals surface area contributed by atoms with Gasteiger partial charge in [-0.1, -0.05) is 6.07 Å². The van der Waals surface area contributed by atoms with Gasteiger partial charge < -0.3 is 10.5 Å². The molecule has 0 spiro atoms. The Morgan fingerprint density at radius 1 is 1.62 bits per heavy atom. The van der Waals surface area contributed by atoms with Crippen molar-refractivity contribution in [3.05, 3.63) is 28.2 Å². The van der Waals surface area contributed by atoms with Crippen molar-refractivity contribution in [1.29, 1.82) is 0 Å². The fraction of sp³-hybridized carbons (Fsp3) is 0.333. The van der Waals surface area contributed by atoms with Crippen LogP contribution in [0.3, 0.4) is 0 Å². The van der Waals surface area contributed by atoms with E-state index in [2.05, 4.69) is 28.6 Å². The van der Waals surface area contributed by atoms with Gasteiger partial charge in [0.1, 0.15) is 5.75 Å². The average Bonchev–Trinajstić information content (AvgIpc) is 2.16. The number of nitrogens with two attached hydrogens (primary N) is 1. The highest BCUT2D eigenvalue weighted by molar-refractivity contribution is 9.10. The average molecular weight is 262 g/mol. The maximum absolute atomic E-state index is 5.82. The first-order chi connectivity index (χ1) is 6.19. The molecule has 0 bridgehead atoms. The number of rotatable bonds is 3. The second kappa shape index (κ2) is 4.88.